The van der Waals surface area contributed by atoms with Crippen LogP contribution in [0.15, 0.2) is 83.7 Å². The summed E-state index contributed by atoms with van der Waals surface area (Å²) in [4.78, 5) is 32.7. The van der Waals surface area contributed by atoms with Gasteiger partial charge in [-0.15, -0.1) is 0 Å². The third-order valence-corrected chi connectivity index (χ3v) is 5.56. The Morgan fingerprint density at radius 3 is 2.58 bits per heavy atom. The maximum atomic E-state index is 13.4. The minimum Gasteiger partial charge on any atom is -0.310 e. The van der Waals surface area contributed by atoms with Gasteiger partial charge in [0, 0.05) is 19.3 Å². The number of benzene rings is 3. The normalized spacial score (nSPS) is 11.5. The predicted octanol–water partition coefficient (Wildman–Crippen LogP) is 4.60. The fourth-order valence-electron chi connectivity index (χ4n) is 3.77. The number of carbonyl (C=O) groups is 1. The number of para-hydroxylation sites is 1. The molecule has 1 atom stereocenters. The molecule has 3 aromatic carbocycles. The van der Waals surface area contributed by atoms with Crippen molar-refractivity contribution in [1.82, 2.24) is 14.5 Å². The smallest absolute Gasteiger partial charge is 0.310 e. The van der Waals surface area contributed by atoms with Gasteiger partial charge in [-0.2, -0.15) is 5.26 Å². The van der Waals surface area contributed by atoms with Gasteiger partial charge < -0.3 is 10.2 Å². The Bertz CT molecular complexity index is 1410. The van der Waals surface area contributed by atoms with Gasteiger partial charge in [0.05, 0.1) is 28.6 Å². The van der Waals surface area contributed by atoms with Crippen molar-refractivity contribution in [2.75, 3.05) is 5.32 Å². The Hall–Kier alpha value is -4.44. The summed E-state index contributed by atoms with van der Waals surface area (Å²) >= 11 is 0. The molecule has 7 heteroatoms. The average molecular weight is 438 g/mol. The van der Waals surface area contributed by atoms with E-state index in [4.69, 9.17) is 10.2 Å². The van der Waals surface area contributed by atoms with Crippen LogP contribution in [0.25, 0.3) is 10.9 Å². The number of aromatic nitrogens is 2. The summed E-state index contributed by atoms with van der Waals surface area (Å²) in [5.41, 5.74) is 2.34. The predicted molar refractivity (Wildman–Crippen MR) is 128 cm³/mol. The Labute approximate surface area is 191 Å². The second-order valence-electron chi connectivity index (χ2n) is 7.76. The summed E-state index contributed by atoms with van der Waals surface area (Å²) in [6.45, 7) is 2.17. The molecule has 4 rings (SSSR count). The molecule has 0 aliphatic rings. The molecule has 2 amide bonds. The minimum atomic E-state index is -0.508. The van der Waals surface area contributed by atoms with Gasteiger partial charge in [0.25, 0.3) is 5.56 Å². The first-order valence-corrected chi connectivity index (χ1v) is 10.6. The van der Waals surface area contributed by atoms with E-state index in [1.807, 2.05) is 43.3 Å². The van der Waals surface area contributed by atoms with Crippen LogP contribution in [-0.4, -0.2) is 20.5 Å². The molecule has 0 aliphatic heterocycles. The van der Waals surface area contributed by atoms with E-state index in [1.165, 1.54) is 4.57 Å². The molecule has 164 valence electrons. The SMILES string of the molecule is CC(c1nc2ccccc2c(=O)n1C)N(Cc1ccccc1)C(=O)Nc1cccc(C#N)c1. The van der Waals surface area contributed by atoms with Gasteiger partial charge in [-0.25, -0.2) is 9.78 Å². The number of rotatable bonds is 5. The van der Waals surface area contributed by atoms with Gasteiger partial charge in [0.2, 0.25) is 0 Å². The van der Waals surface area contributed by atoms with E-state index in [0.29, 0.717) is 34.5 Å². The Balaban J connectivity index is 1.73. The minimum absolute atomic E-state index is 0.163. The summed E-state index contributed by atoms with van der Waals surface area (Å²) < 4.78 is 1.49. The lowest BCUT2D eigenvalue weighted by molar-refractivity contribution is 0.185. The van der Waals surface area contributed by atoms with Gasteiger partial charge in [-0.05, 0) is 42.8 Å². The van der Waals surface area contributed by atoms with Crippen molar-refractivity contribution in [3.63, 3.8) is 0 Å². The second kappa shape index (κ2) is 9.37. The molecule has 1 heterocycles. The lowest BCUT2D eigenvalue weighted by Gasteiger charge is -2.30. The first-order chi connectivity index (χ1) is 16.0. The van der Waals surface area contributed by atoms with Crippen LogP contribution in [0.3, 0.4) is 0 Å². The molecule has 0 aliphatic carbocycles. The van der Waals surface area contributed by atoms with E-state index in [2.05, 4.69) is 11.4 Å². The molecule has 0 saturated carbocycles. The number of nitrogens with one attached hydrogen (secondary N) is 1. The second-order valence-corrected chi connectivity index (χ2v) is 7.76. The number of carbonyl (C=O) groups excluding carboxylic acids is 1. The van der Waals surface area contributed by atoms with E-state index in [9.17, 15) is 9.59 Å². The molecule has 1 aromatic heterocycles. The van der Waals surface area contributed by atoms with Crippen molar-refractivity contribution in [3.8, 4) is 6.07 Å². The lowest BCUT2D eigenvalue weighted by atomic mass is 10.1. The van der Waals surface area contributed by atoms with E-state index in [1.54, 1.807) is 54.4 Å². The lowest BCUT2D eigenvalue weighted by Crippen LogP contribution is -2.39. The summed E-state index contributed by atoms with van der Waals surface area (Å²) in [6, 6.07) is 24.8. The standard InChI is InChI=1S/C26H23N5O2/c1-18(24-29-23-14-7-6-13-22(23)25(32)30(24)2)31(17-19-9-4-3-5-10-19)26(33)28-21-12-8-11-20(15-21)16-27/h3-15,18H,17H2,1-2H3,(H,28,33). The topological polar surface area (TPSA) is 91.0 Å². The molecule has 0 spiro atoms. The zero-order valence-electron chi connectivity index (χ0n) is 18.4. The first-order valence-electron chi connectivity index (χ1n) is 10.6. The van der Waals surface area contributed by atoms with Crippen LogP contribution in [0.2, 0.25) is 0 Å². The van der Waals surface area contributed by atoms with Crippen molar-refractivity contribution in [1.29, 1.82) is 5.26 Å². The zero-order valence-corrected chi connectivity index (χ0v) is 18.4. The van der Waals surface area contributed by atoms with Gasteiger partial charge in [0.1, 0.15) is 5.82 Å². The van der Waals surface area contributed by atoms with Gasteiger partial charge in [0.15, 0.2) is 0 Å². The number of urea groups is 1. The summed E-state index contributed by atoms with van der Waals surface area (Å²) in [5.74, 6) is 0.482. The number of hydrogen-bond acceptors (Lipinski definition) is 4. The molecule has 0 bridgehead atoms. The van der Waals surface area contributed by atoms with Gasteiger partial charge >= 0.3 is 6.03 Å². The molecule has 1 N–H and O–H groups in total. The fourth-order valence-corrected chi connectivity index (χ4v) is 3.77. The molecule has 7 nitrogen and oxygen atoms in total. The summed E-state index contributed by atoms with van der Waals surface area (Å²) in [6.07, 6.45) is 0. The number of nitriles is 1. The van der Waals surface area contributed by atoms with E-state index >= 15 is 0 Å². The molecular formula is C26H23N5O2. The van der Waals surface area contributed by atoms with Crippen LogP contribution >= 0.6 is 0 Å². The number of nitrogens with zero attached hydrogens (tertiary/aromatic N) is 4. The highest BCUT2D eigenvalue weighted by molar-refractivity contribution is 5.89. The molecule has 0 radical (unpaired) electrons. The fraction of sp³-hybridized carbons (Fsp3) is 0.154. The molecule has 4 aromatic rings. The average Bonchev–Trinajstić information content (AvgIpc) is 2.85. The highest BCUT2D eigenvalue weighted by Crippen LogP contribution is 2.23. The number of amides is 2. The van der Waals surface area contributed by atoms with Crippen LogP contribution < -0.4 is 10.9 Å². The summed E-state index contributed by atoms with van der Waals surface area (Å²) in [5, 5.41) is 12.6. The third-order valence-electron chi connectivity index (χ3n) is 5.56. The molecule has 0 saturated heterocycles. The number of fused-ring (bicyclic) bond motifs is 1. The van der Waals surface area contributed by atoms with E-state index in [0.717, 1.165) is 5.56 Å². The number of hydrogen-bond donors (Lipinski definition) is 1. The molecule has 33 heavy (non-hydrogen) atoms. The largest absolute Gasteiger partial charge is 0.322 e. The molecule has 1 unspecified atom stereocenters. The van der Waals surface area contributed by atoms with Crippen molar-refractivity contribution in [3.05, 3.63) is 106 Å². The van der Waals surface area contributed by atoms with Gasteiger partial charge in [-0.3, -0.25) is 9.36 Å². The summed E-state index contributed by atoms with van der Waals surface area (Å²) in [7, 11) is 1.67. The van der Waals surface area contributed by atoms with Crippen molar-refractivity contribution in [2.24, 2.45) is 7.05 Å². The van der Waals surface area contributed by atoms with Crippen LogP contribution in [0.1, 0.15) is 29.9 Å². The number of anilines is 1. The highest BCUT2D eigenvalue weighted by atomic mass is 16.2. The van der Waals surface area contributed by atoms with Crippen LogP contribution in [0, 0.1) is 11.3 Å². The maximum absolute atomic E-state index is 13.4. The Morgan fingerprint density at radius 2 is 1.82 bits per heavy atom. The monoisotopic (exact) mass is 437 g/mol. The van der Waals surface area contributed by atoms with Gasteiger partial charge in [-0.1, -0.05) is 48.5 Å². The van der Waals surface area contributed by atoms with Crippen LogP contribution in [-0.2, 0) is 13.6 Å². The van der Waals surface area contributed by atoms with Crippen molar-refractivity contribution < 1.29 is 4.79 Å². The first kappa shape index (κ1) is 21.8. The molecule has 0 fully saturated rings. The van der Waals surface area contributed by atoms with E-state index in [-0.39, 0.29) is 11.6 Å². The maximum Gasteiger partial charge on any atom is 0.322 e. The Kier molecular flexibility index (Phi) is 6.18. The van der Waals surface area contributed by atoms with Crippen molar-refractivity contribution >= 4 is 22.6 Å². The van der Waals surface area contributed by atoms with Crippen LogP contribution in [0.4, 0.5) is 10.5 Å². The quantitative estimate of drug-likeness (QED) is 0.494. The van der Waals surface area contributed by atoms with Crippen LogP contribution in [0.5, 0.6) is 0 Å². The zero-order chi connectivity index (χ0) is 23.4. The molecular weight excluding hydrogens is 414 g/mol. The van der Waals surface area contributed by atoms with E-state index < -0.39 is 6.04 Å². The Morgan fingerprint density at radius 1 is 1.09 bits per heavy atom. The third kappa shape index (κ3) is 4.60. The van der Waals surface area contributed by atoms with Crippen molar-refractivity contribution in [2.45, 2.75) is 19.5 Å². The highest BCUT2D eigenvalue weighted by Gasteiger charge is 2.26.